The molecule has 0 amide bonds. The molecule has 7 heteroatoms. The minimum Gasteiger partial charge on any atom is -0.481 e. The Morgan fingerprint density at radius 3 is 2.57 bits per heavy atom. The van der Waals surface area contributed by atoms with Gasteiger partial charge in [0.1, 0.15) is 5.75 Å². The van der Waals surface area contributed by atoms with Gasteiger partial charge in [0, 0.05) is 5.69 Å². The van der Waals surface area contributed by atoms with Crippen molar-refractivity contribution in [3.63, 3.8) is 0 Å². The Hall–Kier alpha value is -1.92. The van der Waals surface area contributed by atoms with Gasteiger partial charge in [0.25, 0.3) is 0 Å². The van der Waals surface area contributed by atoms with Crippen molar-refractivity contribution in [2.45, 2.75) is 38.0 Å². The molecule has 1 aliphatic rings. The lowest BCUT2D eigenvalue weighted by Gasteiger charge is -2.28. The second kappa shape index (κ2) is 5.83. The van der Waals surface area contributed by atoms with Gasteiger partial charge < -0.3 is 15.6 Å². The molecule has 1 aromatic carbocycles. The van der Waals surface area contributed by atoms with Gasteiger partial charge in [-0.3, -0.25) is 4.79 Å². The summed E-state index contributed by atoms with van der Waals surface area (Å²) in [5, 5.41) is 9.32. The third-order valence-corrected chi connectivity index (χ3v) is 3.76. The lowest BCUT2D eigenvalue weighted by Crippen LogP contribution is -2.22. The lowest BCUT2D eigenvalue weighted by molar-refractivity contribution is -0.274. The van der Waals surface area contributed by atoms with E-state index in [1.54, 1.807) is 0 Å². The van der Waals surface area contributed by atoms with Crippen molar-refractivity contribution < 1.29 is 27.8 Å². The van der Waals surface area contributed by atoms with E-state index in [-0.39, 0.29) is 17.2 Å². The van der Waals surface area contributed by atoms with Crippen molar-refractivity contribution in [2.75, 3.05) is 5.73 Å². The van der Waals surface area contributed by atoms with Gasteiger partial charge in [0.15, 0.2) is 0 Å². The predicted octanol–water partition coefficient (Wildman–Crippen LogP) is 3.53. The van der Waals surface area contributed by atoms with Gasteiger partial charge in [-0.05, 0) is 36.1 Å². The van der Waals surface area contributed by atoms with E-state index in [0.29, 0.717) is 6.42 Å². The zero-order chi connectivity index (χ0) is 15.6. The van der Waals surface area contributed by atoms with Crippen LogP contribution in [-0.4, -0.2) is 17.4 Å². The molecule has 0 saturated heterocycles. The monoisotopic (exact) mass is 303 g/mol. The van der Waals surface area contributed by atoms with E-state index in [9.17, 15) is 23.1 Å². The molecular formula is C14H16F3NO3. The molecule has 1 aromatic rings. The Morgan fingerprint density at radius 2 is 2.10 bits per heavy atom. The number of benzene rings is 1. The molecule has 0 aliphatic heterocycles. The Balaban J connectivity index is 2.25. The van der Waals surface area contributed by atoms with Crippen LogP contribution in [0.15, 0.2) is 18.2 Å². The van der Waals surface area contributed by atoms with Crippen LogP contribution in [0, 0.1) is 5.92 Å². The maximum atomic E-state index is 12.2. The van der Waals surface area contributed by atoms with Crippen molar-refractivity contribution >= 4 is 11.7 Å². The van der Waals surface area contributed by atoms with Gasteiger partial charge in [-0.25, -0.2) is 0 Å². The van der Waals surface area contributed by atoms with Gasteiger partial charge >= 0.3 is 12.3 Å². The van der Waals surface area contributed by atoms with Gasteiger partial charge in [0.05, 0.1) is 5.92 Å². The SMILES string of the molecule is Nc1ccc(OC(F)(F)F)cc1C(CC1CCC1)C(=O)O. The molecule has 0 aromatic heterocycles. The fourth-order valence-corrected chi connectivity index (χ4v) is 2.47. The van der Waals surface area contributed by atoms with Gasteiger partial charge in [-0.1, -0.05) is 19.3 Å². The fourth-order valence-electron chi connectivity index (χ4n) is 2.47. The standard InChI is InChI=1S/C14H16F3NO3/c15-14(16,17)21-9-4-5-12(18)10(7-9)11(13(19)20)6-8-2-1-3-8/h4-5,7-8,11H,1-3,6,18H2,(H,19,20). The normalized spacial score (nSPS) is 17.1. The van der Waals surface area contributed by atoms with Crippen LogP contribution < -0.4 is 10.5 Å². The topological polar surface area (TPSA) is 72.5 Å². The van der Waals surface area contributed by atoms with E-state index < -0.39 is 24.0 Å². The van der Waals surface area contributed by atoms with E-state index in [1.807, 2.05) is 0 Å². The van der Waals surface area contributed by atoms with Crippen LogP contribution in [0.1, 0.15) is 37.2 Å². The first-order chi connectivity index (χ1) is 9.76. The summed E-state index contributed by atoms with van der Waals surface area (Å²) in [6.45, 7) is 0. The zero-order valence-corrected chi connectivity index (χ0v) is 11.2. The second-order valence-corrected chi connectivity index (χ2v) is 5.26. The number of halogens is 3. The smallest absolute Gasteiger partial charge is 0.481 e. The average molecular weight is 303 g/mol. The first-order valence-corrected chi connectivity index (χ1v) is 6.64. The Bertz CT molecular complexity index is 527. The Kier molecular flexibility index (Phi) is 4.29. The zero-order valence-electron chi connectivity index (χ0n) is 11.2. The molecule has 0 spiro atoms. The number of carboxylic acids is 1. The number of rotatable bonds is 5. The quantitative estimate of drug-likeness (QED) is 0.816. The number of nitrogens with two attached hydrogens (primary N) is 1. The van der Waals surface area contributed by atoms with Crippen LogP contribution in [0.4, 0.5) is 18.9 Å². The number of hydrogen-bond donors (Lipinski definition) is 2. The number of nitrogen functional groups attached to an aromatic ring is 1. The van der Waals surface area contributed by atoms with Crippen LogP contribution in [0.5, 0.6) is 5.75 Å². The van der Waals surface area contributed by atoms with Gasteiger partial charge in [-0.2, -0.15) is 0 Å². The number of carboxylic acid groups (broad SMARTS) is 1. The molecule has 1 saturated carbocycles. The van der Waals surface area contributed by atoms with Crippen molar-refractivity contribution in [1.29, 1.82) is 0 Å². The summed E-state index contributed by atoms with van der Waals surface area (Å²) in [6.07, 6.45) is -1.48. The number of aliphatic carboxylic acids is 1. The lowest BCUT2D eigenvalue weighted by atomic mass is 9.77. The maximum Gasteiger partial charge on any atom is 0.573 e. The van der Waals surface area contributed by atoms with Crippen molar-refractivity contribution in [1.82, 2.24) is 0 Å². The number of anilines is 1. The number of ether oxygens (including phenoxy) is 1. The van der Waals surface area contributed by atoms with E-state index in [1.165, 1.54) is 6.07 Å². The molecule has 1 aliphatic carbocycles. The molecule has 1 atom stereocenters. The van der Waals surface area contributed by atoms with Crippen molar-refractivity contribution in [2.24, 2.45) is 5.92 Å². The molecule has 0 bridgehead atoms. The van der Waals surface area contributed by atoms with E-state index in [2.05, 4.69) is 4.74 Å². The Labute approximate surface area is 119 Å². The molecular weight excluding hydrogens is 287 g/mol. The summed E-state index contributed by atoms with van der Waals surface area (Å²) >= 11 is 0. The first-order valence-electron chi connectivity index (χ1n) is 6.64. The summed E-state index contributed by atoms with van der Waals surface area (Å²) < 4.78 is 40.5. The van der Waals surface area contributed by atoms with E-state index >= 15 is 0 Å². The van der Waals surface area contributed by atoms with Crippen molar-refractivity contribution in [3.05, 3.63) is 23.8 Å². The largest absolute Gasteiger partial charge is 0.573 e. The molecule has 1 fully saturated rings. The minimum absolute atomic E-state index is 0.163. The van der Waals surface area contributed by atoms with Gasteiger partial charge in [-0.15, -0.1) is 13.2 Å². The molecule has 0 heterocycles. The highest BCUT2D eigenvalue weighted by molar-refractivity contribution is 5.79. The number of alkyl halides is 3. The second-order valence-electron chi connectivity index (χ2n) is 5.26. The first kappa shape index (κ1) is 15.5. The minimum atomic E-state index is -4.82. The maximum absolute atomic E-state index is 12.2. The summed E-state index contributed by atoms with van der Waals surface area (Å²) in [7, 11) is 0. The molecule has 2 rings (SSSR count). The molecule has 4 nitrogen and oxygen atoms in total. The van der Waals surface area contributed by atoms with Crippen LogP contribution in [-0.2, 0) is 4.79 Å². The molecule has 21 heavy (non-hydrogen) atoms. The third kappa shape index (κ3) is 4.03. The summed E-state index contributed by atoms with van der Waals surface area (Å²) in [4.78, 5) is 11.4. The van der Waals surface area contributed by atoms with Crippen LogP contribution >= 0.6 is 0 Å². The highest BCUT2D eigenvalue weighted by Crippen LogP contribution is 2.39. The molecule has 0 radical (unpaired) electrons. The highest BCUT2D eigenvalue weighted by Gasteiger charge is 2.33. The van der Waals surface area contributed by atoms with Gasteiger partial charge in [0.2, 0.25) is 0 Å². The fraction of sp³-hybridized carbons (Fsp3) is 0.500. The predicted molar refractivity (Wildman–Crippen MR) is 69.9 cm³/mol. The number of hydrogen-bond acceptors (Lipinski definition) is 3. The summed E-state index contributed by atoms with van der Waals surface area (Å²) in [5.74, 6) is -2.16. The molecule has 116 valence electrons. The van der Waals surface area contributed by atoms with Crippen LogP contribution in [0.2, 0.25) is 0 Å². The third-order valence-electron chi connectivity index (χ3n) is 3.76. The highest BCUT2D eigenvalue weighted by atomic mass is 19.4. The molecule has 1 unspecified atom stereocenters. The Morgan fingerprint density at radius 1 is 1.43 bits per heavy atom. The van der Waals surface area contributed by atoms with Crippen molar-refractivity contribution in [3.8, 4) is 5.75 Å². The summed E-state index contributed by atoms with van der Waals surface area (Å²) in [5.41, 5.74) is 6.07. The molecule has 3 N–H and O–H groups in total. The summed E-state index contributed by atoms with van der Waals surface area (Å²) in [6, 6.07) is 3.39. The average Bonchev–Trinajstić information content (AvgIpc) is 2.28. The number of carbonyl (C=O) groups is 1. The van der Waals surface area contributed by atoms with E-state index in [0.717, 1.165) is 31.4 Å². The van der Waals surface area contributed by atoms with E-state index in [4.69, 9.17) is 5.73 Å². The van der Waals surface area contributed by atoms with Crippen LogP contribution in [0.3, 0.4) is 0 Å². The van der Waals surface area contributed by atoms with Crippen LogP contribution in [0.25, 0.3) is 0 Å².